The lowest BCUT2D eigenvalue weighted by atomic mass is 10.2. The normalized spacial score (nSPS) is 10.4. The molecule has 24 heavy (non-hydrogen) atoms. The fourth-order valence-electron chi connectivity index (χ4n) is 2.22. The highest BCUT2D eigenvalue weighted by Gasteiger charge is 2.13. The first-order chi connectivity index (χ1) is 11.7. The van der Waals surface area contributed by atoms with E-state index in [-0.39, 0.29) is 10.9 Å². The number of ether oxygens (including phenoxy) is 1. The van der Waals surface area contributed by atoms with Crippen LogP contribution < -0.4 is 15.4 Å². The molecule has 6 heteroatoms. The molecule has 1 aromatic heterocycles. The van der Waals surface area contributed by atoms with Crippen molar-refractivity contribution in [3.8, 4) is 5.75 Å². The van der Waals surface area contributed by atoms with E-state index in [1.807, 2.05) is 55.5 Å². The maximum absolute atomic E-state index is 12.2. The van der Waals surface area contributed by atoms with E-state index in [1.165, 1.54) is 0 Å². The van der Waals surface area contributed by atoms with Gasteiger partial charge in [-0.05, 0) is 55.5 Å². The fourth-order valence-corrected chi connectivity index (χ4v) is 2.43. The number of hydrogen-bond donors (Lipinski definition) is 2. The number of carbonyl (C=O) groups excluding carboxylic acids is 1. The standard InChI is InChI=1S/C18H16N2O3S/c1-2-22-14-9-7-13(8-10-14)19-18(24)20-17(21)16-11-12-5-3-4-6-15(12)23-16/h3-11H,2H2,1H3,(H2,19,20,21,24). The number of nitrogens with one attached hydrogen (secondary N) is 2. The summed E-state index contributed by atoms with van der Waals surface area (Å²) in [6.07, 6.45) is 0. The number of carbonyl (C=O) groups is 1. The molecule has 0 fully saturated rings. The second-order valence-electron chi connectivity index (χ2n) is 5.01. The van der Waals surface area contributed by atoms with Crippen LogP contribution in [-0.4, -0.2) is 17.6 Å². The van der Waals surface area contributed by atoms with E-state index in [2.05, 4.69) is 10.6 Å². The van der Waals surface area contributed by atoms with Gasteiger partial charge in [0.1, 0.15) is 11.3 Å². The third-order valence-corrected chi connectivity index (χ3v) is 3.50. The Morgan fingerprint density at radius 1 is 1.17 bits per heavy atom. The highest BCUT2D eigenvalue weighted by atomic mass is 32.1. The molecule has 3 aromatic rings. The summed E-state index contributed by atoms with van der Waals surface area (Å²) in [5, 5.41) is 6.62. The fraction of sp³-hybridized carbons (Fsp3) is 0.111. The van der Waals surface area contributed by atoms with Crippen molar-refractivity contribution in [2.24, 2.45) is 0 Å². The summed E-state index contributed by atoms with van der Waals surface area (Å²) < 4.78 is 10.9. The molecule has 0 radical (unpaired) electrons. The van der Waals surface area contributed by atoms with E-state index in [1.54, 1.807) is 6.07 Å². The molecule has 0 atom stereocenters. The van der Waals surface area contributed by atoms with Gasteiger partial charge < -0.3 is 14.5 Å². The highest BCUT2D eigenvalue weighted by molar-refractivity contribution is 7.80. The minimum absolute atomic E-state index is 0.199. The van der Waals surface area contributed by atoms with E-state index >= 15 is 0 Å². The van der Waals surface area contributed by atoms with Gasteiger partial charge >= 0.3 is 0 Å². The molecule has 2 N–H and O–H groups in total. The first kappa shape index (κ1) is 16.0. The number of hydrogen-bond acceptors (Lipinski definition) is 4. The lowest BCUT2D eigenvalue weighted by Gasteiger charge is -2.09. The summed E-state index contributed by atoms with van der Waals surface area (Å²) in [5.74, 6) is 0.599. The van der Waals surface area contributed by atoms with Crippen molar-refractivity contribution in [3.63, 3.8) is 0 Å². The van der Waals surface area contributed by atoms with Crippen LogP contribution in [0, 0.1) is 0 Å². The summed E-state index contributed by atoms with van der Waals surface area (Å²) >= 11 is 5.16. The summed E-state index contributed by atoms with van der Waals surface area (Å²) in [6, 6.07) is 16.4. The molecule has 0 saturated carbocycles. The molecule has 0 aliphatic carbocycles. The zero-order valence-electron chi connectivity index (χ0n) is 13.0. The summed E-state index contributed by atoms with van der Waals surface area (Å²) in [7, 11) is 0. The Morgan fingerprint density at radius 2 is 1.92 bits per heavy atom. The van der Waals surface area contributed by atoms with Crippen LogP contribution in [0.25, 0.3) is 11.0 Å². The molecule has 1 heterocycles. The zero-order chi connectivity index (χ0) is 16.9. The van der Waals surface area contributed by atoms with Gasteiger partial charge in [-0.25, -0.2) is 0 Å². The Morgan fingerprint density at radius 3 is 2.62 bits per heavy atom. The van der Waals surface area contributed by atoms with Gasteiger partial charge in [0.15, 0.2) is 10.9 Å². The second-order valence-corrected chi connectivity index (χ2v) is 5.42. The van der Waals surface area contributed by atoms with Gasteiger partial charge in [-0.2, -0.15) is 0 Å². The Bertz CT molecular complexity index is 838. The number of fused-ring (bicyclic) bond motifs is 1. The number of para-hydroxylation sites is 1. The Labute approximate surface area is 144 Å². The van der Waals surface area contributed by atoms with Crippen molar-refractivity contribution < 1.29 is 13.9 Å². The van der Waals surface area contributed by atoms with Crippen molar-refractivity contribution >= 4 is 39.9 Å². The van der Waals surface area contributed by atoms with Gasteiger partial charge in [0.25, 0.3) is 5.91 Å². The molecule has 0 aliphatic heterocycles. The first-order valence-electron chi connectivity index (χ1n) is 7.49. The number of anilines is 1. The predicted molar refractivity (Wildman–Crippen MR) is 97.5 cm³/mol. The molecule has 5 nitrogen and oxygen atoms in total. The molecule has 1 amide bonds. The van der Waals surface area contributed by atoms with E-state index < -0.39 is 5.91 Å². The zero-order valence-corrected chi connectivity index (χ0v) is 13.9. The quantitative estimate of drug-likeness (QED) is 0.704. The van der Waals surface area contributed by atoms with Crippen molar-refractivity contribution in [3.05, 3.63) is 60.4 Å². The van der Waals surface area contributed by atoms with Gasteiger partial charge in [-0.15, -0.1) is 0 Å². The van der Waals surface area contributed by atoms with E-state index in [9.17, 15) is 4.79 Å². The molecule has 0 bridgehead atoms. The summed E-state index contributed by atoms with van der Waals surface area (Å²) in [6.45, 7) is 2.54. The Kier molecular flexibility index (Phi) is 4.77. The number of furan rings is 1. The largest absolute Gasteiger partial charge is 0.494 e. The van der Waals surface area contributed by atoms with E-state index in [0.29, 0.717) is 12.2 Å². The lowest BCUT2D eigenvalue weighted by molar-refractivity contribution is 0.0953. The van der Waals surface area contributed by atoms with Crippen molar-refractivity contribution in [2.45, 2.75) is 6.92 Å². The van der Waals surface area contributed by atoms with Crippen molar-refractivity contribution in [2.75, 3.05) is 11.9 Å². The lowest BCUT2D eigenvalue weighted by Crippen LogP contribution is -2.33. The highest BCUT2D eigenvalue weighted by Crippen LogP contribution is 2.19. The van der Waals surface area contributed by atoms with Gasteiger partial charge in [0.2, 0.25) is 0 Å². The SMILES string of the molecule is CCOc1ccc(NC(=S)NC(=O)c2cc3ccccc3o2)cc1. The van der Waals surface area contributed by atoms with E-state index in [4.69, 9.17) is 21.4 Å². The number of benzene rings is 2. The molecular weight excluding hydrogens is 324 g/mol. The van der Waals surface area contributed by atoms with Gasteiger partial charge in [-0.3, -0.25) is 10.1 Å². The monoisotopic (exact) mass is 340 g/mol. The molecular formula is C18H16N2O3S. The third kappa shape index (κ3) is 3.72. The van der Waals surface area contributed by atoms with Crippen molar-refractivity contribution in [1.29, 1.82) is 0 Å². The van der Waals surface area contributed by atoms with Gasteiger partial charge in [-0.1, -0.05) is 18.2 Å². The maximum Gasteiger partial charge on any atom is 0.293 e. The minimum Gasteiger partial charge on any atom is -0.494 e. The average Bonchev–Trinajstić information content (AvgIpc) is 3.01. The van der Waals surface area contributed by atoms with Crippen LogP contribution in [0.3, 0.4) is 0 Å². The summed E-state index contributed by atoms with van der Waals surface area (Å²) in [4.78, 5) is 12.2. The Balaban J connectivity index is 1.62. The first-order valence-corrected chi connectivity index (χ1v) is 7.90. The van der Waals surface area contributed by atoms with Gasteiger partial charge in [0, 0.05) is 11.1 Å². The maximum atomic E-state index is 12.2. The van der Waals surface area contributed by atoms with Crippen LogP contribution in [0.4, 0.5) is 5.69 Å². The topological polar surface area (TPSA) is 63.5 Å². The van der Waals surface area contributed by atoms with Crippen LogP contribution in [0.2, 0.25) is 0 Å². The van der Waals surface area contributed by atoms with Crippen LogP contribution in [-0.2, 0) is 0 Å². The second kappa shape index (κ2) is 7.14. The number of amides is 1. The van der Waals surface area contributed by atoms with Crippen LogP contribution in [0.15, 0.2) is 59.0 Å². The molecule has 0 spiro atoms. The summed E-state index contributed by atoms with van der Waals surface area (Å²) in [5.41, 5.74) is 1.42. The number of thiocarbonyl (C=S) groups is 1. The molecule has 0 aliphatic rings. The van der Waals surface area contributed by atoms with Crippen LogP contribution in [0.5, 0.6) is 5.75 Å². The van der Waals surface area contributed by atoms with Gasteiger partial charge in [0.05, 0.1) is 6.61 Å². The number of rotatable bonds is 4. The molecule has 0 saturated heterocycles. The smallest absolute Gasteiger partial charge is 0.293 e. The third-order valence-electron chi connectivity index (χ3n) is 3.30. The Hall–Kier alpha value is -2.86. The van der Waals surface area contributed by atoms with Crippen LogP contribution >= 0.6 is 12.2 Å². The van der Waals surface area contributed by atoms with E-state index in [0.717, 1.165) is 16.8 Å². The molecule has 2 aromatic carbocycles. The molecule has 122 valence electrons. The predicted octanol–water partition coefficient (Wildman–Crippen LogP) is 3.96. The van der Waals surface area contributed by atoms with Crippen LogP contribution in [0.1, 0.15) is 17.5 Å². The molecule has 0 unspecified atom stereocenters. The van der Waals surface area contributed by atoms with Crippen molar-refractivity contribution in [1.82, 2.24) is 5.32 Å². The minimum atomic E-state index is -0.394. The molecule has 3 rings (SSSR count). The average molecular weight is 340 g/mol.